The van der Waals surface area contributed by atoms with E-state index in [0.717, 1.165) is 5.56 Å². The van der Waals surface area contributed by atoms with Crippen LogP contribution in [0, 0.1) is 11.3 Å². The molecule has 0 amide bonds. The predicted molar refractivity (Wildman–Crippen MR) is 70.3 cm³/mol. The van der Waals surface area contributed by atoms with Gasteiger partial charge in [0.05, 0.1) is 12.1 Å². The van der Waals surface area contributed by atoms with Gasteiger partial charge in [-0.3, -0.25) is 0 Å². The highest BCUT2D eigenvalue weighted by molar-refractivity contribution is 5.70. The van der Waals surface area contributed by atoms with E-state index in [0.29, 0.717) is 17.9 Å². The van der Waals surface area contributed by atoms with Gasteiger partial charge in [0, 0.05) is 5.56 Å². The first-order valence-electron chi connectivity index (χ1n) is 6.31. The Balaban J connectivity index is 2.12. The van der Waals surface area contributed by atoms with E-state index in [4.69, 9.17) is 9.57 Å². The van der Waals surface area contributed by atoms with E-state index >= 15 is 0 Å². The molecule has 1 aromatic rings. The molecule has 2 aliphatic rings. The first-order chi connectivity index (χ1) is 8.99. The van der Waals surface area contributed by atoms with Crippen molar-refractivity contribution >= 4 is 5.76 Å². The van der Waals surface area contributed by atoms with Gasteiger partial charge in [0.2, 0.25) is 0 Å². The maximum absolute atomic E-state index is 9.49. The number of benzene rings is 1. The molecule has 1 fully saturated rings. The van der Waals surface area contributed by atoms with Crippen molar-refractivity contribution in [2.24, 2.45) is 0 Å². The molecule has 3 rings (SSSR count). The van der Waals surface area contributed by atoms with Gasteiger partial charge in [-0.15, -0.1) is 0 Å². The van der Waals surface area contributed by atoms with Crippen LogP contribution in [0.1, 0.15) is 26.3 Å². The molecule has 98 valence electrons. The van der Waals surface area contributed by atoms with Crippen LogP contribution >= 0.6 is 0 Å². The lowest BCUT2D eigenvalue weighted by atomic mass is 10.0. The Morgan fingerprint density at radius 2 is 1.89 bits per heavy atom. The fourth-order valence-electron chi connectivity index (χ4n) is 2.68. The van der Waals surface area contributed by atoms with Crippen LogP contribution in [0.3, 0.4) is 0 Å². The lowest BCUT2D eigenvalue weighted by molar-refractivity contribution is -0.197. The zero-order valence-corrected chi connectivity index (χ0v) is 11.3. The van der Waals surface area contributed by atoms with Gasteiger partial charge in [-0.05, 0) is 20.8 Å². The lowest BCUT2D eigenvalue weighted by Crippen LogP contribution is -2.47. The van der Waals surface area contributed by atoms with Crippen LogP contribution in [0.5, 0.6) is 0 Å². The SMILES string of the molecule is CC1(C)COC2(C)C(C#N)=C(c3ccccc3)ON12. The Bertz CT molecular complexity index is 586. The third-order valence-electron chi connectivity index (χ3n) is 3.67. The third-order valence-corrected chi connectivity index (χ3v) is 3.67. The Labute approximate surface area is 112 Å². The first kappa shape index (κ1) is 12.2. The molecular weight excluding hydrogens is 240 g/mol. The number of rotatable bonds is 1. The maximum atomic E-state index is 9.49. The van der Waals surface area contributed by atoms with Crippen LogP contribution < -0.4 is 0 Å². The molecule has 1 atom stereocenters. The van der Waals surface area contributed by atoms with Gasteiger partial charge in [-0.1, -0.05) is 35.4 Å². The van der Waals surface area contributed by atoms with Gasteiger partial charge in [-0.25, -0.2) is 0 Å². The van der Waals surface area contributed by atoms with E-state index in [-0.39, 0.29) is 5.54 Å². The predicted octanol–water partition coefficient (Wildman–Crippen LogP) is 2.69. The molecule has 0 aliphatic carbocycles. The highest BCUT2D eigenvalue weighted by atomic mass is 16.7. The zero-order valence-electron chi connectivity index (χ0n) is 11.3. The standard InChI is InChI=1S/C15H16N2O2/c1-14(2)10-18-15(3)12(9-16)13(19-17(14)15)11-7-5-4-6-8-11/h4-8H,10H2,1-3H3. The molecule has 4 nitrogen and oxygen atoms in total. The average molecular weight is 256 g/mol. The fourth-order valence-corrected chi connectivity index (χ4v) is 2.68. The van der Waals surface area contributed by atoms with Gasteiger partial charge in [0.25, 0.3) is 0 Å². The molecule has 1 saturated heterocycles. The number of fused-ring (bicyclic) bond motifs is 1. The summed E-state index contributed by atoms with van der Waals surface area (Å²) in [5.74, 6) is 0.596. The summed E-state index contributed by atoms with van der Waals surface area (Å²) in [7, 11) is 0. The minimum absolute atomic E-state index is 0.257. The van der Waals surface area contributed by atoms with Crippen LogP contribution in [-0.2, 0) is 9.57 Å². The number of hydroxylamine groups is 2. The summed E-state index contributed by atoms with van der Waals surface area (Å²) in [6, 6.07) is 11.9. The second kappa shape index (κ2) is 3.83. The quantitative estimate of drug-likeness (QED) is 0.775. The van der Waals surface area contributed by atoms with Crippen LogP contribution in [0.25, 0.3) is 5.76 Å². The fraction of sp³-hybridized carbons (Fsp3) is 0.400. The summed E-state index contributed by atoms with van der Waals surface area (Å²) in [6.45, 7) is 6.51. The van der Waals surface area contributed by atoms with E-state index in [1.165, 1.54) is 0 Å². The monoisotopic (exact) mass is 256 g/mol. The smallest absolute Gasteiger partial charge is 0.190 e. The Morgan fingerprint density at radius 3 is 2.53 bits per heavy atom. The van der Waals surface area contributed by atoms with Crippen molar-refractivity contribution in [2.45, 2.75) is 32.0 Å². The topological polar surface area (TPSA) is 45.5 Å². The number of nitrogens with zero attached hydrogens (tertiary/aromatic N) is 2. The molecule has 0 N–H and O–H groups in total. The molecule has 0 bridgehead atoms. The molecular formula is C15H16N2O2. The van der Waals surface area contributed by atoms with Crippen molar-refractivity contribution in [1.29, 1.82) is 5.26 Å². The van der Waals surface area contributed by atoms with Crippen molar-refractivity contribution < 1.29 is 9.57 Å². The van der Waals surface area contributed by atoms with Crippen molar-refractivity contribution in [3.8, 4) is 6.07 Å². The molecule has 1 unspecified atom stereocenters. The van der Waals surface area contributed by atoms with E-state index in [9.17, 15) is 5.26 Å². The van der Waals surface area contributed by atoms with Crippen LogP contribution in [0.15, 0.2) is 35.9 Å². The number of hydrogen-bond acceptors (Lipinski definition) is 4. The molecule has 4 heteroatoms. The molecule has 2 aliphatic heterocycles. The van der Waals surface area contributed by atoms with E-state index in [1.807, 2.05) is 51.1 Å². The summed E-state index contributed by atoms with van der Waals surface area (Å²) in [5.41, 5.74) is 0.384. The van der Waals surface area contributed by atoms with Crippen LogP contribution in [0.4, 0.5) is 0 Å². The van der Waals surface area contributed by atoms with E-state index < -0.39 is 5.72 Å². The Kier molecular flexibility index (Phi) is 2.46. The summed E-state index contributed by atoms with van der Waals surface area (Å²) >= 11 is 0. The van der Waals surface area contributed by atoms with Gasteiger partial charge >= 0.3 is 0 Å². The lowest BCUT2D eigenvalue weighted by Gasteiger charge is -2.31. The van der Waals surface area contributed by atoms with Crippen LogP contribution in [0.2, 0.25) is 0 Å². The molecule has 19 heavy (non-hydrogen) atoms. The largest absolute Gasteiger partial charge is 0.400 e. The van der Waals surface area contributed by atoms with Crippen molar-refractivity contribution in [3.05, 3.63) is 41.5 Å². The summed E-state index contributed by atoms with van der Waals surface area (Å²) in [6.07, 6.45) is 0. The zero-order chi connectivity index (χ0) is 13.7. The highest BCUT2D eigenvalue weighted by Gasteiger charge is 2.59. The van der Waals surface area contributed by atoms with Gasteiger partial charge in [-0.2, -0.15) is 5.26 Å². The molecule has 2 heterocycles. The highest BCUT2D eigenvalue weighted by Crippen LogP contribution is 2.48. The van der Waals surface area contributed by atoms with Crippen LogP contribution in [-0.4, -0.2) is 22.9 Å². The van der Waals surface area contributed by atoms with Crippen molar-refractivity contribution in [3.63, 3.8) is 0 Å². The maximum Gasteiger partial charge on any atom is 0.190 e. The average Bonchev–Trinajstić information content (AvgIpc) is 2.83. The molecule has 1 aromatic carbocycles. The summed E-state index contributed by atoms with van der Waals surface area (Å²) < 4.78 is 5.86. The van der Waals surface area contributed by atoms with Gasteiger partial charge in [0.1, 0.15) is 11.6 Å². The Hall–Kier alpha value is -1.83. The molecule has 0 spiro atoms. The molecule has 0 radical (unpaired) electrons. The third kappa shape index (κ3) is 1.59. The summed E-state index contributed by atoms with van der Waals surface area (Å²) in [4.78, 5) is 5.96. The van der Waals surface area contributed by atoms with Crippen molar-refractivity contribution in [2.75, 3.05) is 6.61 Å². The first-order valence-corrected chi connectivity index (χ1v) is 6.31. The van der Waals surface area contributed by atoms with E-state index in [2.05, 4.69) is 6.07 Å². The molecule has 0 aromatic heterocycles. The number of nitriles is 1. The minimum Gasteiger partial charge on any atom is -0.400 e. The van der Waals surface area contributed by atoms with Crippen molar-refractivity contribution in [1.82, 2.24) is 5.06 Å². The molecule has 0 saturated carbocycles. The van der Waals surface area contributed by atoms with E-state index in [1.54, 1.807) is 5.06 Å². The number of ether oxygens (including phenoxy) is 1. The van der Waals surface area contributed by atoms with Gasteiger partial charge in [0.15, 0.2) is 11.5 Å². The summed E-state index contributed by atoms with van der Waals surface area (Å²) in [5, 5.41) is 11.3. The normalized spacial score (nSPS) is 28.9. The minimum atomic E-state index is -0.788. The second-order valence-electron chi connectivity index (χ2n) is 5.65. The Morgan fingerprint density at radius 1 is 1.21 bits per heavy atom. The second-order valence-corrected chi connectivity index (χ2v) is 5.65. The van der Waals surface area contributed by atoms with Gasteiger partial charge < -0.3 is 9.57 Å². The number of hydrogen-bond donors (Lipinski definition) is 0.